The van der Waals surface area contributed by atoms with Crippen molar-refractivity contribution in [3.05, 3.63) is 0 Å². The molecule has 1 saturated heterocycles. The Labute approximate surface area is 43.5 Å². The Kier molecular flexibility index (Phi) is 1.10. The largest absolute Gasteiger partial charge is 0.344 e. The van der Waals surface area contributed by atoms with Crippen molar-refractivity contribution in [2.75, 3.05) is 12.3 Å². The van der Waals surface area contributed by atoms with Crippen LogP contribution < -0.4 is 5.32 Å². The minimum atomic E-state index is -1.22. The summed E-state index contributed by atoms with van der Waals surface area (Å²) < 4.78 is 10.3. The number of carbonyl (C=O) groups is 1. The Hall–Kier alpha value is -0.380. The van der Waals surface area contributed by atoms with Crippen molar-refractivity contribution in [3.8, 4) is 0 Å². The topological polar surface area (TPSA) is 46.2 Å². The number of carbonyl (C=O) groups excluding carboxylic acids is 1. The fraction of sp³-hybridized carbons (Fsp3) is 0.667. The van der Waals surface area contributed by atoms with E-state index in [1.165, 1.54) is 0 Å². The van der Waals surface area contributed by atoms with E-state index in [2.05, 4.69) is 5.32 Å². The maximum absolute atomic E-state index is 10.3. The molecule has 1 amide bonds. The zero-order chi connectivity index (χ0) is 5.28. The molecule has 1 rings (SSSR count). The molecule has 0 spiro atoms. The van der Waals surface area contributed by atoms with E-state index in [9.17, 15) is 9.00 Å². The molecule has 0 bridgehead atoms. The van der Waals surface area contributed by atoms with E-state index < -0.39 is 10.8 Å². The van der Waals surface area contributed by atoms with E-state index >= 15 is 0 Å². The van der Waals surface area contributed by atoms with Crippen LogP contribution in [0.4, 0.5) is 4.79 Å². The molecule has 0 radical (unpaired) electrons. The quantitative estimate of drug-likeness (QED) is 0.465. The molecule has 0 saturated carbocycles. The third-order valence-corrected chi connectivity index (χ3v) is 1.90. The minimum absolute atomic E-state index is 0.319. The lowest BCUT2D eigenvalue weighted by molar-refractivity contribution is 0.261. The van der Waals surface area contributed by atoms with E-state index in [0.717, 1.165) is 0 Å². The van der Waals surface area contributed by atoms with Crippen LogP contribution in [0.5, 0.6) is 0 Å². The summed E-state index contributed by atoms with van der Waals surface area (Å²) in [6, 6.07) is 0. The summed E-state index contributed by atoms with van der Waals surface area (Å²) in [6.45, 7) is 0.575. The van der Waals surface area contributed by atoms with Gasteiger partial charge in [0.25, 0.3) is 0 Å². The standard InChI is InChI=1S/C3H5NO2S/c5-3-4-1-2-7(3)6/h1-2H2,(H,4,5). The molecule has 1 aliphatic rings. The number of hydrogen-bond donors (Lipinski definition) is 1. The van der Waals surface area contributed by atoms with Crippen molar-refractivity contribution >= 4 is 16.0 Å². The van der Waals surface area contributed by atoms with Gasteiger partial charge in [-0.25, -0.2) is 4.21 Å². The van der Waals surface area contributed by atoms with Crippen LogP contribution in [0.25, 0.3) is 0 Å². The molecule has 1 atom stereocenters. The smallest absolute Gasteiger partial charge is 0.309 e. The summed E-state index contributed by atoms with van der Waals surface area (Å²) in [5, 5.41) is 2.11. The first kappa shape index (κ1) is 4.77. The van der Waals surface area contributed by atoms with Crippen LogP contribution >= 0.6 is 0 Å². The first-order valence-corrected chi connectivity index (χ1v) is 3.29. The Morgan fingerprint density at radius 1 is 1.71 bits per heavy atom. The Morgan fingerprint density at radius 3 is 2.57 bits per heavy atom. The summed E-state index contributed by atoms with van der Waals surface area (Å²) in [6.07, 6.45) is 0. The molecule has 0 aliphatic carbocycles. The highest BCUT2D eigenvalue weighted by Crippen LogP contribution is 1.89. The number of nitrogens with one attached hydrogen (secondary N) is 1. The van der Waals surface area contributed by atoms with Crippen LogP contribution in [0, 0.1) is 0 Å². The van der Waals surface area contributed by atoms with Gasteiger partial charge in [0.2, 0.25) is 0 Å². The van der Waals surface area contributed by atoms with E-state index in [-0.39, 0.29) is 5.24 Å². The maximum atomic E-state index is 10.3. The molecule has 1 N–H and O–H groups in total. The van der Waals surface area contributed by atoms with Gasteiger partial charge in [0.1, 0.15) is 10.8 Å². The van der Waals surface area contributed by atoms with Gasteiger partial charge in [0.15, 0.2) is 0 Å². The van der Waals surface area contributed by atoms with Gasteiger partial charge < -0.3 is 5.32 Å². The van der Waals surface area contributed by atoms with Crippen molar-refractivity contribution < 1.29 is 9.00 Å². The average molecular weight is 119 g/mol. The Bertz CT molecular complexity index is 108. The van der Waals surface area contributed by atoms with Crippen LogP contribution in [0.15, 0.2) is 0 Å². The Balaban J connectivity index is 2.65. The summed E-state index contributed by atoms with van der Waals surface area (Å²) in [5.74, 6) is 0.485. The molecule has 40 valence electrons. The zero-order valence-electron chi connectivity index (χ0n) is 3.64. The molecule has 0 aromatic rings. The number of hydrogen-bond acceptors (Lipinski definition) is 2. The second-order valence-electron chi connectivity index (χ2n) is 1.26. The highest BCUT2D eigenvalue weighted by Gasteiger charge is 2.16. The molecule has 0 aromatic carbocycles. The van der Waals surface area contributed by atoms with Gasteiger partial charge in [0, 0.05) is 6.54 Å². The molecule has 7 heavy (non-hydrogen) atoms. The van der Waals surface area contributed by atoms with Crippen molar-refractivity contribution in [1.82, 2.24) is 5.32 Å². The lowest BCUT2D eigenvalue weighted by atomic mass is 10.8. The van der Waals surface area contributed by atoms with Crippen LogP contribution in [0.2, 0.25) is 0 Å². The maximum Gasteiger partial charge on any atom is 0.309 e. The van der Waals surface area contributed by atoms with Crippen molar-refractivity contribution in [1.29, 1.82) is 0 Å². The molecular formula is C3H5NO2S. The van der Waals surface area contributed by atoms with Gasteiger partial charge in [-0.15, -0.1) is 0 Å². The van der Waals surface area contributed by atoms with Crippen LogP contribution in [0.1, 0.15) is 0 Å². The van der Waals surface area contributed by atoms with E-state index in [1.807, 2.05) is 0 Å². The van der Waals surface area contributed by atoms with E-state index in [4.69, 9.17) is 0 Å². The molecule has 4 heteroatoms. The fourth-order valence-electron chi connectivity index (χ4n) is 0.419. The van der Waals surface area contributed by atoms with Crippen molar-refractivity contribution in [3.63, 3.8) is 0 Å². The first-order chi connectivity index (χ1) is 3.30. The van der Waals surface area contributed by atoms with Crippen LogP contribution in [0.3, 0.4) is 0 Å². The average Bonchev–Trinajstić information content (AvgIpc) is 1.91. The predicted octanol–water partition coefficient (Wildman–Crippen LogP) is -0.542. The first-order valence-electron chi connectivity index (χ1n) is 1.97. The van der Waals surface area contributed by atoms with Gasteiger partial charge in [-0.3, -0.25) is 4.79 Å². The fourth-order valence-corrected chi connectivity index (χ4v) is 1.15. The van der Waals surface area contributed by atoms with Gasteiger partial charge >= 0.3 is 5.24 Å². The molecule has 1 fully saturated rings. The minimum Gasteiger partial charge on any atom is -0.344 e. The zero-order valence-corrected chi connectivity index (χ0v) is 4.46. The predicted molar refractivity (Wildman–Crippen MR) is 26.4 cm³/mol. The summed E-state index contributed by atoms with van der Waals surface area (Å²) >= 11 is 0. The van der Waals surface area contributed by atoms with Gasteiger partial charge in [-0.1, -0.05) is 0 Å². The van der Waals surface area contributed by atoms with Gasteiger partial charge in [-0.2, -0.15) is 0 Å². The lowest BCUT2D eigenvalue weighted by Crippen LogP contribution is -2.13. The summed E-state index contributed by atoms with van der Waals surface area (Å²) in [5.41, 5.74) is 0. The highest BCUT2D eigenvalue weighted by atomic mass is 32.2. The van der Waals surface area contributed by atoms with E-state index in [1.54, 1.807) is 0 Å². The van der Waals surface area contributed by atoms with Crippen LogP contribution in [-0.2, 0) is 10.8 Å². The third kappa shape index (κ3) is 0.796. The number of amides is 1. The SMILES string of the molecule is O=C1NCCS1=O. The summed E-state index contributed by atoms with van der Waals surface area (Å²) in [7, 11) is -1.22. The van der Waals surface area contributed by atoms with Gasteiger partial charge in [-0.05, 0) is 0 Å². The van der Waals surface area contributed by atoms with Gasteiger partial charge in [0.05, 0.1) is 5.75 Å². The Morgan fingerprint density at radius 2 is 2.43 bits per heavy atom. The second-order valence-corrected chi connectivity index (χ2v) is 2.73. The lowest BCUT2D eigenvalue weighted by Gasteiger charge is -1.78. The summed E-state index contributed by atoms with van der Waals surface area (Å²) in [4.78, 5) is 10.2. The molecule has 0 aromatic heterocycles. The van der Waals surface area contributed by atoms with Crippen molar-refractivity contribution in [2.24, 2.45) is 0 Å². The second kappa shape index (κ2) is 1.61. The molecule has 1 heterocycles. The normalized spacial score (nSPS) is 30.3. The molecule has 1 unspecified atom stereocenters. The van der Waals surface area contributed by atoms with Crippen molar-refractivity contribution in [2.45, 2.75) is 0 Å². The molecule has 3 nitrogen and oxygen atoms in total. The van der Waals surface area contributed by atoms with E-state index in [0.29, 0.717) is 12.3 Å². The molecule has 1 aliphatic heterocycles. The number of rotatable bonds is 0. The molecular weight excluding hydrogens is 114 g/mol. The highest BCUT2D eigenvalue weighted by molar-refractivity contribution is 8.00. The monoisotopic (exact) mass is 119 g/mol. The third-order valence-electron chi connectivity index (χ3n) is 0.764. The van der Waals surface area contributed by atoms with Crippen LogP contribution in [-0.4, -0.2) is 21.7 Å².